The lowest BCUT2D eigenvalue weighted by atomic mass is 10.00. The summed E-state index contributed by atoms with van der Waals surface area (Å²) in [6, 6.07) is 7.28. The number of sulfonamides is 1. The summed E-state index contributed by atoms with van der Waals surface area (Å²) in [6.45, 7) is 2.45. The maximum atomic E-state index is 11.1. The maximum absolute atomic E-state index is 11.1. The molecule has 1 rings (SSSR count). The monoisotopic (exact) mass is 228 g/mol. The molecule has 3 N–H and O–H groups in total. The van der Waals surface area contributed by atoms with Crippen LogP contribution in [0.3, 0.4) is 0 Å². The lowest BCUT2D eigenvalue weighted by molar-refractivity contribution is 0.606. The van der Waals surface area contributed by atoms with Gasteiger partial charge in [0.05, 0.1) is 11.9 Å². The highest BCUT2D eigenvalue weighted by molar-refractivity contribution is 7.92. The third kappa shape index (κ3) is 3.53. The second kappa shape index (κ2) is 4.63. The number of hydrogen-bond donors (Lipinski definition) is 2. The van der Waals surface area contributed by atoms with Crippen molar-refractivity contribution in [1.82, 2.24) is 0 Å². The van der Waals surface area contributed by atoms with Crippen molar-refractivity contribution in [2.24, 2.45) is 5.73 Å². The summed E-state index contributed by atoms with van der Waals surface area (Å²) in [5.74, 6) is 0.135. The molecule has 0 amide bonds. The summed E-state index contributed by atoms with van der Waals surface area (Å²) in [5.41, 5.74) is 7.09. The van der Waals surface area contributed by atoms with Crippen LogP contribution in [0.4, 0.5) is 5.69 Å². The molecule has 0 aromatic heterocycles. The van der Waals surface area contributed by atoms with Crippen LogP contribution in [0, 0.1) is 0 Å². The van der Waals surface area contributed by atoms with Gasteiger partial charge in [0.1, 0.15) is 0 Å². The predicted molar refractivity (Wildman–Crippen MR) is 62.4 cm³/mol. The van der Waals surface area contributed by atoms with Gasteiger partial charge in [-0.25, -0.2) is 8.42 Å². The van der Waals surface area contributed by atoms with Crippen LogP contribution in [-0.2, 0) is 10.0 Å². The molecule has 0 saturated heterocycles. The molecule has 5 heteroatoms. The van der Waals surface area contributed by atoms with Crippen LogP contribution >= 0.6 is 0 Å². The molecular weight excluding hydrogens is 212 g/mol. The number of nitrogens with two attached hydrogens (primary N) is 1. The number of hydrogen-bond acceptors (Lipinski definition) is 3. The Balaban J connectivity index is 3.07. The van der Waals surface area contributed by atoms with Crippen molar-refractivity contribution in [2.75, 3.05) is 17.5 Å². The summed E-state index contributed by atoms with van der Waals surface area (Å²) in [7, 11) is -3.23. The first kappa shape index (κ1) is 12.0. The molecular formula is C10H16N2O2S. The van der Waals surface area contributed by atoms with Gasteiger partial charge in [0.15, 0.2) is 0 Å². The Hall–Kier alpha value is -1.07. The van der Waals surface area contributed by atoms with Crippen molar-refractivity contribution in [3.63, 3.8) is 0 Å². The smallest absolute Gasteiger partial charge is 0.229 e. The van der Waals surface area contributed by atoms with Gasteiger partial charge in [-0.05, 0) is 24.1 Å². The fourth-order valence-electron chi connectivity index (χ4n) is 1.35. The normalized spacial score (nSPS) is 13.5. The van der Waals surface area contributed by atoms with Crippen molar-refractivity contribution in [3.8, 4) is 0 Å². The van der Waals surface area contributed by atoms with E-state index in [4.69, 9.17) is 5.73 Å². The molecule has 1 aromatic rings. The van der Waals surface area contributed by atoms with Crippen molar-refractivity contribution in [2.45, 2.75) is 12.8 Å². The van der Waals surface area contributed by atoms with Crippen LogP contribution in [0.5, 0.6) is 0 Å². The lowest BCUT2D eigenvalue weighted by Crippen LogP contribution is -2.15. The van der Waals surface area contributed by atoms with Crippen LogP contribution in [0.2, 0.25) is 0 Å². The van der Waals surface area contributed by atoms with Gasteiger partial charge in [-0.2, -0.15) is 0 Å². The van der Waals surface area contributed by atoms with E-state index in [0.29, 0.717) is 12.2 Å². The number of anilines is 1. The van der Waals surface area contributed by atoms with Crippen molar-refractivity contribution in [1.29, 1.82) is 0 Å². The lowest BCUT2D eigenvalue weighted by Gasteiger charge is -2.14. The summed E-state index contributed by atoms with van der Waals surface area (Å²) < 4.78 is 24.7. The Bertz CT molecular complexity index is 429. The Morgan fingerprint density at radius 2 is 2.00 bits per heavy atom. The van der Waals surface area contributed by atoms with Crippen LogP contribution in [0.25, 0.3) is 0 Å². The van der Waals surface area contributed by atoms with Gasteiger partial charge < -0.3 is 5.73 Å². The van der Waals surface area contributed by atoms with Crippen molar-refractivity contribution >= 4 is 15.7 Å². The molecule has 0 aliphatic carbocycles. The molecule has 0 aliphatic heterocycles. The average Bonchev–Trinajstić information content (AvgIpc) is 2.15. The molecule has 15 heavy (non-hydrogen) atoms. The molecule has 0 radical (unpaired) electrons. The molecule has 1 unspecified atom stereocenters. The molecule has 0 saturated carbocycles. The first-order valence-electron chi connectivity index (χ1n) is 4.71. The summed E-state index contributed by atoms with van der Waals surface area (Å²) in [6.07, 6.45) is 1.14. The summed E-state index contributed by atoms with van der Waals surface area (Å²) >= 11 is 0. The minimum Gasteiger partial charge on any atom is -0.330 e. The van der Waals surface area contributed by atoms with Gasteiger partial charge in [-0.3, -0.25) is 4.72 Å². The van der Waals surface area contributed by atoms with Gasteiger partial charge in [-0.15, -0.1) is 0 Å². The predicted octanol–water partition coefficient (Wildman–Crippen LogP) is 1.12. The SMILES string of the molecule is CC(CN)c1ccccc1NS(C)(=O)=O. The zero-order valence-corrected chi connectivity index (χ0v) is 9.71. The average molecular weight is 228 g/mol. The molecule has 0 heterocycles. The zero-order chi connectivity index (χ0) is 11.5. The van der Waals surface area contributed by atoms with Crippen molar-refractivity contribution < 1.29 is 8.42 Å². The number of para-hydroxylation sites is 1. The maximum Gasteiger partial charge on any atom is 0.229 e. The van der Waals surface area contributed by atoms with E-state index in [0.717, 1.165) is 11.8 Å². The van der Waals surface area contributed by atoms with Crippen LogP contribution < -0.4 is 10.5 Å². The standard InChI is InChI=1S/C10H16N2O2S/c1-8(7-11)9-5-3-4-6-10(9)12-15(2,13)14/h3-6,8,12H,7,11H2,1-2H3. The van der Waals surface area contributed by atoms with Gasteiger partial charge >= 0.3 is 0 Å². The summed E-state index contributed by atoms with van der Waals surface area (Å²) in [4.78, 5) is 0. The fraction of sp³-hybridized carbons (Fsp3) is 0.400. The third-order valence-corrected chi connectivity index (χ3v) is 2.73. The Morgan fingerprint density at radius 3 is 2.53 bits per heavy atom. The first-order valence-corrected chi connectivity index (χ1v) is 6.60. The zero-order valence-electron chi connectivity index (χ0n) is 8.90. The highest BCUT2D eigenvalue weighted by atomic mass is 32.2. The minimum absolute atomic E-state index is 0.135. The van der Waals surface area contributed by atoms with E-state index in [2.05, 4.69) is 4.72 Å². The minimum atomic E-state index is -3.23. The van der Waals surface area contributed by atoms with E-state index in [-0.39, 0.29) is 5.92 Å². The van der Waals surface area contributed by atoms with Crippen LogP contribution in [0.15, 0.2) is 24.3 Å². The van der Waals surface area contributed by atoms with E-state index >= 15 is 0 Å². The Morgan fingerprint density at radius 1 is 1.40 bits per heavy atom. The third-order valence-electron chi connectivity index (χ3n) is 2.14. The van der Waals surface area contributed by atoms with Crippen molar-refractivity contribution in [3.05, 3.63) is 29.8 Å². The Kier molecular flexibility index (Phi) is 3.71. The molecule has 4 nitrogen and oxygen atoms in total. The van der Waals surface area contributed by atoms with Gasteiger partial charge in [0.2, 0.25) is 10.0 Å². The van der Waals surface area contributed by atoms with E-state index in [1.54, 1.807) is 12.1 Å². The highest BCUT2D eigenvalue weighted by Crippen LogP contribution is 2.23. The first-order chi connectivity index (χ1) is 6.94. The molecule has 0 spiro atoms. The van der Waals surface area contributed by atoms with Crippen LogP contribution in [0.1, 0.15) is 18.4 Å². The molecule has 84 valence electrons. The van der Waals surface area contributed by atoms with E-state index in [9.17, 15) is 8.42 Å². The molecule has 0 fully saturated rings. The van der Waals surface area contributed by atoms with E-state index in [1.807, 2.05) is 19.1 Å². The molecule has 0 aliphatic rings. The molecule has 1 aromatic carbocycles. The summed E-state index contributed by atoms with van der Waals surface area (Å²) in [5, 5.41) is 0. The van der Waals surface area contributed by atoms with E-state index < -0.39 is 10.0 Å². The fourth-order valence-corrected chi connectivity index (χ4v) is 1.93. The quantitative estimate of drug-likeness (QED) is 0.811. The second-order valence-electron chi connectivity index (χ2n) is 3.60. The Labute approximate surface area is 90.5 Å². The number of nitrogens with one attached hydrogen (secondary N) is 1. The molecule has 1 atom stereocenters. The number of benzene rings is 1. The topological polar surface area (TPSA) is 72.2 Å². The van der Waals surface area contributed by atoms with Crippen LogP contribution in [-0.4, -0.2) is 21.2 Å². The largest absolute Gasteiger partial charge is 0.330 e. The van der Waals surface area contributed by atoms with E-state index in [1.165, 1.54) is 0 Å². The molecule has 0 bridgehead atoms. The van der Waals surface area contributed by atoms with Gasteiger partial charge in [-0.1, -0.05) is 25.1 Å². The second-order valence-corrected chi connectivity index (χ2v) is 5.35. The number of rotatable bonds is 4. The van der Waals surface area contributed by atoms with Gasteiger partial charge in [0.25, 0.3) is 0 Å². The van der Waals surface area contributed by atoms with Gasteiger partial charge in [0, 0.05) is 0 Å². The highest BCUT2D eigenvalue weighted by Gasteiger charge is 2.11.